The normalized spacial score (nSPS) is 14.1. The summed E-state index contributed by atoms with van der Waals surface area (Å²) in [5, 5.41) is 9.33. The van der Waals surface area contributed by atoms with E-state index in [9.17, 15) is 9.90 Å². The van der Waals surface area contributed by atoms with Gasteiger partial charge >= 0.3 is 5.97 Å². The van der Waals surface area contributed by atoms with Crippen molar-refractivity contribution in [3.63, 3.8) is 0 Å². The second-order valence-electron chi connectivity index (χ2n) is 4.38. The molecule has 18 heavy (non-hydrogen) atoms. The van der Waals surface area contributed by atoms with Crippen LogP contribution in [0.5, 0.6) is 0 Å². The molecule has 0 saturated heterocycles. The molecule has 0 aliphatic carbocycles. The molecular weight excluding hydrogens is 230 g/mol. The molecule has 4 N–H and O–H groups in total. The summed E-state index contributed by atoms with van der Waals surface area (Å²) in [6.07, 6.45) is 3.61. The first-order valence-corrected chi connectivity index (χ1v) is 5.64. The summed E-state index contributed by atoms with van der Waals surface area (Å²) < 4.78 is 0. The van der Waals surface area contributed by atoms with Crippen LogP contribution in [0.1, 0.15) is 11.3 Å². The van der Waals surface area contributed by atoms with Crippen LogP contribution in [0.15, 0.2) is 42.9 Å². The molecule has 0 aliphatic rings. The average molecular weight is 245 g/mol. The van der Waals surface area contributed by atoms with Crippen LogP contribution in [0.4, 0.5) is 0 Å². The Labute approximate surface area is 105 Å². The number of hydrogen-bond donors (Lipinski definition) is 3. The topological polar surface area (TPSA) is 92.0 Å². The molecule has 0 amide bonds. The lowest BCUT2D eigenvalue weighted by Crippen LogP contribution is -2.51. The first kappa shape index (κ1) is 12.3. The molecule has 2 aromatic rings. The average Bonchev–Trinajstić information content (AvgIpc) is 2.82. The molecule has 94 valence electrons. The van der Waals surface area contributed by atoms with Crippen LogP contribution in [-0.2, 0) is 17.6 Å². The van der Waals surface area contributed by atoms with E-state index in [1.54, 1.807) is 6.20 Å². The number of imidazole rings is 1. The highest BCUT2D eigenvalue weighted by atomic mass is 16.4. The van der Waals surface area contributed by atoms with Gasteiger partial charge in [-0.15, -0.1) is 0 Å². The summed E-state index contributed by atoms with van der Waals surface area (Å²) in [5.41, 5.74) is 6.31. The van der Waals surface area contributed by atoms with E-state index in [1.165, 1.54) is 6.33 Å². The Morgan fingerprint density at radius 1 is 1.33 bits per heavy atom. The number of rotatable bonds is 5. The number of nitrogens with zero attached hydrogens (tertiary/aromatic N) is 1. The Morgan fingerprint density at radius 3 is 2.61 bits per heavy atom. The van der Waals surface area contributed by atoms with Gasteiger partial charge in [0, 0.05) is 24.7 Å². The first-order chi connectivity index (χ1) is 8.60. The number of carbonyl (C=O) groups is 1. The number of aromatic nitrogens is 2. The number of carboxylic acid groups (broad SMARTS) is 1. The number of H-pyrrole nitrogens is 1. The highest BCUT2D eigenvalue weighted by Gasteiger charge is 2.34. The van der Waals surface area contributed by atoms with Gasteiger partial charge in [0.05, 0.1) is 6.33 Å². The predicted octanol–water partition coefficient (Wildman–Crippen LogP) is 0.977. The summed E-state index contributed by atoms with van der Waals surface area (Å²) in [5.74, 6) is -1.01. The maximum atomic E-state index is 11.4. The minimum absolute atomic E-state index is 0.219. The van der Waals surface area contributed by atoms with Crippen LogP contribution in [-0.4, -0.2) is 26.6 Å². The molecule has 1 aromatic carbocycles. The molecule has 5 nitrogen and oxygen atoms in total. The Hall–Kier alpha value is -2.14. The summed E-state index contributed by atoms with van der Waals surface area (Å²) in [6.45, 7) is 0. The highest BCUT2D eigenvalue weighted by Crippen LogP contribution is 2.16. The van der Waals surface area contributed by atoms with E-state index >= 15 is 0 Å². The Kier molecular flexibility index (Phi) is 3.43. The van der Waals surface area contributed by atoms with E-state index in [-0.39, 0.29) is 12.8 Å². The van der Waals surface area contributed by atoms with Crippen molar-refractivity contribution < 1.29 is 9.90 Å². The minimum atomic E-state index is -1.33. The molecular formula is C13H15N3O2. The van der Waals surface area contributed by atoms with Crippen LogP contribution < -0.4 is 5.73 Å². The summed E-state index contributed by atoms with van der Waals surface area (Å²) >= 11 is 0. The van der Waals surface area contributed by atoms with Crippen molar-refractivity contribution in [2.45, 2.75) is 18.4 Å². The van der Waals surface area contributed by atoms with Crippen LogP contribution in [0.25, 0.3) is 0 Å². The van der Waals surface area contributed by atoms with Crippen molar-refractivity contribution in [2.75, 3.05) is 0 Å². The fourth-order valence-electron chi connectivity index (χ4n) is 1.90. The summed E-state index contributed by atoms with van der Waals surface area (Å²) in [7, 11) is 0. The van der Waals surface area contributed by atoms with Crippen molar-refractivity contribution in [2.24, 2.45) is 5.73 Å². The van der Waals surface area contributed by atoms with E-state index in [0.29, 0.717) is 0 Å². The van der Waals surface area contributed by atoms with E-state index in [4.69, 9.17) is 5.73 Å². The third-order valence-electron chi connectivity index (χ3n) is 2.85. The second-order valence-corrected chi connectivity index (χ2v) is 4.38. The number of aromatic amines is 1. The van der Waals surface area contributed by atoms with Gasteiger partial charge in [-0.25, -0.2) is 4.98 Å². The number of nitrogens with one attached hydrogen (secondary N) is 1. The van der Waals surface area contributed by atoms with Gasteiger partial charge in [0.2, 0.25) is 0 Å². The van der Waals surface area contributed by atoms with Gasteiger partial charge in [0.15, 0.2) is 0 Å². The summed E-state index contributed by atoms with van der Waals surface area (Å²) in [4.78, 5) is 18.1. The van der Waals surface area contributed by atoms with E-state index < -0.39 is 11.5 Å². The number of carboxylic acids is 1. The van der Waals surface area contributed by atoms with Crippen LogP contribution in [0.3, 0.4) is 0 Å². The largest absolute Gasteiger partial charge is 0.480 e. The zero-order valence-electron chi connectivity index (χ0n) is 9.84. The van der Waals surface area contributed by atoms with Crippen LogP contribution in [0, 0.1) is 0 Å². The summed E-state index contributed by atoms with van der Waals surface area (Å²) in [6, 6.07) is 9.37. The maximum Gasteiger partial charge on any atom is 0.324 e. The molecule has 2 rings (SSSR count). The molecule has 0 radical (unpaired) electrons. The van der Waals surface area contributed by atoms with Gasteiger partial charge < -0.3 is 15.8 Å². The fraction of sp³-hybridized carbons (Fsp3) is 0.231. The van der Waals surface area contributed by atoms with Gasteiger partial charge in [-0.2, -0.15) is 0 Å². The van der Waals surface area contributed by atoms with Gasteiger partial charge in [-0.05, 0) is 5.56 Å². The molecule has 0 unspecified atom stereocenters. The smallest absolute Gasteiger partial charge is 0.324 e. The second kappa shape index (κ2) is 5.01. The van der Waals surface area contributed by atoms with E-state index in [0.717, 1.165) is 11.3 Å². The molecule has 0 fully saturated rings. The van der Waals surface area contributed by atoms with Gasteiger partial charge in [0.25, 0.3) is 0 Å². The lowest BCUT2D eigenvalue weighted by Gasteiger charge is -2.24. The van der Waals surface area contributed by atoms with Crippen molar-refractivity contribution in [3.8, 4) is 0 Å². The third kappa shape index (κ3) is 2.75. The SMILES string of the molecule is N[C@@](Cc1ccccc1)(Cc1cnc[nH]1)C(=O)O. The molecule has 1 heterocycles. The Balaban J connectivity index is 2.19. The lowest BCUT2D eigenvalue weighted by molar-refractivity contribution is -0.143. The van der Waals surface area contributed by atoms with Crippen LogP contribution >= 0.6 is 0 Å². The molecule has 5 heteroatoms. The van der Waals surface area contributed by atoms with Gasteiger partial charge in [-0.1, -0.05) is 30.3 Å². The van der Waals surface area contributed by atoms with Crippen molar-refractivity contribution in [1.29, 1.82) is 0 Å². The van der Waals surface area contributed by atoms with Crippen molar-refractivity contribution in [1.82, 2.24) is 9.97 Å². The molecule has 0 spiro atoms. The van der Waals surface area contributed by atoms with Gasteiger partial charge in [-0.3, -0.25) is 4.79 Å². The zero-order valence-corrected chi connectivity index (χ0v) is 9.84. The highest BCUT2D eigenvalue weighted by molar-refractivity contribution is 5.79. The molecule has 0 aliphatic heterocycles. The van der Waals surface area contributed by atoms with E-state index in [1.807, 2.05) is 30.3 Å². The number of nitrogens with two attached hydrogens (primary N) is 1. The Morgan fingerprint density at radius 2 is 2.06 bits per heavy atom. The van der Waals surface area contributed by atoms with Gasteiger partial charge in [0.1, 0.15) is 5.54 Å². The monoisotopic (exact) mass is 245 g/mol. The van der Waals surface area contributed by atoms with Crippen molar-refractivity contribution >= 4 is 5.97 Å². The van der Waals surface area contributed by atoms with Crippen LogP contribution in [0.2, 0.25) is 0 Å². The quantitative estimate of drug-likeness (QED) is 0.732. The molecule has 1 aromatic heterocycles. The van der Waals surface area contributed by atoms with E-state index in [2.05, 4.69) is 9.97 Å². The number of aliphatic carboxylic acids is 1. The fourth-order valence-corrected chi connectivity index (χ4v) is 1.90. The third-order valence-corrected chi connectivity index (χ3v) is 2.85. The molecule has 0 saturated carbocycles. The van der Waals surface area contributed by atoms with Crippen molar-refractivity contribution in [3.05, 3.63) is 54.1 Å². The zero-order chi connectivity index (χ0) is 13.0. The predicted molar refractivity (Wildman–Crippen MR) is 67.0 cm³/mol. The minimum Gasteiger partial charge on any atom is -0.480 e. The molecule has 1 atom stereocenters. The number of hydrogen-bond acceptors (Lipinski definition) is 3. The standard InChI is InChI=1S/C13H15N3O2/c14-13(12(17)18,7-11-8-15-9-16-11)6-10-4-2-1-3-5-10/h1-5,8-9H,6-7,14H2,(H,15,16)(H,17,18)/t13-/m0/s1. The number of benzene rings is 1. The lowest BCUT2D eigenvalue weighted by atomic mass is 9.87. The maximum absolute atomic E-state index is 11.4. The first-order valence-electron chi connectivity index (χ1n) is 5.64. The molecule has 0 bridgehead atoms. The Bertz CT molecular complexity index is 510.